The van der Waals surface area contributed by atoms with Crippen LogP contribution in [0.4, 0.5) is 4.79 Å². The number of urea groups is 1. The summed E-state index contributed by atoms with van der Waals surface area (Å²) in [6, 6.07) is -0.433. The Morgan fingerprint density at radius 2 is 2.24 bits per heavy atom. The van der Waals surface area contributed by atoms with E-state index < -0.39 is 34.4 Å². The average Bonchev–Trinajstić information content (AvgIpc) is 3.04. The molecule has 3 rings (SSSR count). The van der Waals surface area contributed by atoms with Crippen LogP contribution in [-0.2, 0) is 38.0 Å². The molecule has 2 bridgehead atoms. The van der Waals surface area contributed by atoms with Crippen LogP contribution in [0.25, 0.3) is 0 Å². The number of nitrogens with one attached hydrogen (secondary N) is 1. The number of fused-ring (bicyclic) bond motifs is 2. The summed E-state index contributed by atoms with van der Waals surface area (Å²) in [5, 5.41) is 4.55. The van der Waals surface area contributed by atoms with Crippen LogP contribution in [0.1, 0.15) is 18.5 Å². The zero-order valence-corrected chi connectivity index (χ0v) is 14.0. The Morgan fingerprint density at radius 1 is 1.48 bits per heavy atom. The standard InChI is InChI=1S/C12H17N5O7S/c1-15-9(4-5-13-15)7-23-14-11(18)10-3-2-8-6-16(10)12(19)17(8)24-25(20,21)22/h4-5,8,10H,2-3,6-7H2,1H3,(H,14,18)(H,20,21,22)/t8-,10+/m1/s1. The number of hydrogen-bond donors (Lipinski definition) is 2. The minimum atomic E-state index is -4.82. The van der Waals surface area contributed by atoms with E-state index in [0.29, 0.717) is 17.9 Å². The van der Waals surface area contributed by atoms with Crippen molar-refractivity contribution >= 4 is 22.3 Å². The highest BCUT2D eigenvalue weighted by Gasteiger charge is 2.49. The Bertz CT molecular complexity index is 779. The molecule has 12 nitrogen and oxygen atoms in total. The topological polar surface area (TPSA) is 143 Å². The fourth-order valence-corrected chi connectivity index (χ4v) is 3.28. The molecule has 1 aromatic heterocycles. The maximum absolute atomic E-state index is 12.3. The number of amides is 3. The third-order valence-corrected chi connectivity index (χ3v) is 4.46. The van der Waals surface area contributed by atoms with Gasteiger partial charge in [-0.25, -0.2) is 10.3 Å². The SMILES string of the molecule is Cn1nccc1CONC(=O)[C@@H]1CC[C@@H]2CN1C(=O)N2OS(=O)(=O)O. The van der Waals surface area contributed by atoms with Gasteiger partial charge in [-0.2, -0.15) is 18.6 Å². The van der Waals surface area contributed by atoms with Crippen LogP contribution in [0.5, 0.6) is 0 Å². The van der Waals surface area contributed by atoms with Crippen LogP contribution in [0.2, 0.25) is 0 Å². The van der Waals surface area contributed by atoms with E-state index in [1.54, 1.807) is 24.0 Å². The van der Waals surface area contributed by atoms with Gasteiger partial charge in [-0.1, -0.05) is 0 Å². The van der Waals surface area contributed by atoms with Gasteiger partial charge in [0, 0.05) is 19.8 Å². The average molecular weight is 375 g/mol. The largest absolute Gasteiger partial charge is 0.418 e. The molecule has 1 aromatic rings. The van der Waals surface area contributed by atoms with E-state index in [1.165, 1.54) is 4.90 Å². The van der Waals surface area contributed by atoms with Gasteiger partial charge in [-0.05, 0) is 18.9 Å². The highest BCUT2D eigenvalue weighted by molar-refractivity contribution is 7.80. The highest BCUT2D eigenvalue weighted by Crippen LogP contribution is 2.30. The number of hydrogen-bond acceptors (Lipinski definition) is 7. The quantitative estimate of drug-likeness (QED) is 0.475. The highest BCUT2D eigenvalue weighted by atomic mass is 32.3. The second-order valence-electron chi connectivity index (χ2n) is 5.71. The van der Waals surface area contributed by atoms with Crippen molar-refractivity contribution in [2.24, 2.45) is 7.05 Å². The molecule has 3 amide bonds. The van der Waals surface area contributed by atoms with E-state index in [9.17, 15) is 18.0 Å². The van der Waals surface area contributed by atoms with Gasteiger partial charge in [0.1, 0.15) is 12.6 Å². The van der Waals surface area contributed by atoms with Gasteiger partial charge >= 0.3 is 16.4 Å². The van der Waals surface area contributed by atoms with Crippen molar-refractivity contribution in [1.29, 1.82) is 0 Å². The maximum atomic E-state index is 12.3. The van der Waals surface area contributed by atoms with Crippen molar-refractivity contribution in [2.45, 2.75) is 31.5 Å². The van der Waals surface area contributed by atoms with Gasteiger partial charge in [0.05, 0.1) is 11.7 Å². The van der Waals surface area contributed by atoms with Crippen molar-refractivity contribution in [3.05, 3.63) is 18.0 Å². The minimum absolute atomic E-state index is 0.101. The van der Waals surface area contributed by atoms with Crippen molar-refractivity contribution in [2.75, 3.05) is 6.54 Å². The second-order valence-corrected chi connectivity index (χ2v) is 6.72. The number of piperidine rings is 1. The molecule has 13 heteroatoms. The van der Waals surface area contributed by atoms with Crippen molar-refractivity contribution in [3.8, 4) is 0 Å². The normalized spacial score (nSPS) is 23.2. The van der Waals surface area contributed by atoms with Gasteiger partial charge in [0.25, 0.3) is 5.91 Å². The van der Waals surface area contributed by atoms with Gasteiger partial charge in [0.2, 0.25) is 0 Å². The number of nitrogens with zero attached hydrogens (tertiary/aromatic N) is 4. The Kier molecular flexibility index (Phi) is 4.64. The van der Waals surface area contributed by atoms with Crippen molar-refractivity contribution in [3.63, 3.8) is 0 Å². The zero-order chi connectivity index (χ0) is 18.2. The third kappa shape index (κ3) is 3.73. The van der Waals surface area contributed by atoms with Crippen LogP contribution in [0, 0.1) is 0 Å². The smallest absolute Gasteiger partial charge is 0.309 e. The molecule has 0 aromatic carbocycles. The lowest BCUT2D eigenvalue weighted by Gasteiger charge is -2.28. The molecule has 2 saturated heterocycles. The molecule has 2 N–H and O–H groups in total. The molecule has 0 saturated carbocycles. The number of carbonyl (C=O) groups is 2. The predicted octanol–water partition coefficient (Wildman–Crippen LogP) is -1.03. The van der Waals surface area contributed by atoms with Crippen molar-refractivity contribution < 1.29 is 31.7 Å². The molecular formula is C12H17N5O7S. The number of aromatic nitrogens is 2. The Labute approximate surface area is 143 Å². The van der Waals surface area contributed by atoms with E-state index >= 15 is 0 Å². The first-order valence-electron chi connectivity index (χ1n) is 7.41. The van der Waals surface area contributed by atoms with Crippen LogP contribution < -0.4 is 5.48 Å². The van der Waals surface area contributed by atoms with E-state index in [-0.39, 0.29) is 13.2 Å². The van der Waals surface area contributed by atoms with Crippen LogP contribution in [0.3, 0.4) is 0 Å². The number of rotatable bonds is 6. The molecule has 2 atom stereocenters. The van der Waals surface area contributed by atoms with E-state index in [1.807, 2.05) is 0 Å². The lowest BCUT2D eigenvalue weighted by Crippen LogP contribution is -2.49. The fraction of sp³-hybridized carbons (Fsp3) is 0.583. The summed E-state index contributed by atoms with van der Waals surface area (Å²) in [7, 11) is -3.08. The number of aryl methyl sites for hydroxylation is 1. The molecule has 0 unspecified atom stereocenters. The zero-order valence-electron chi connectivity index (χ0n) is 13.2. The molecular weight excluding hydrogens is 358 g/mol. The predicted molar refractivity (Wildman–Crippen MR) is 79.5 cm³/mol. The fourth-order valence-electron chi connectivity index (χ4n) is 2.90. The van der Waals surface area contributed by atoms with Crippen molar-refractivity contribution in [1.82, 2.24) is 25.2 Å². The molecule has 0 radical (unpaired) electrons. The summed E-state index contributed by atoms with van der Waals surface area (Å²) in [6.45, 7) is 0.220. The van der Waals surface area contributed by atoms with Crippen LogP contribution in [0.15, 0.2) is 12.3 Å². The van der Waals surface area contributed by atoms with Gasteiger partial charge in [-0.3, -0.25) is 18.9 Å². The first-order chi connectivity index (χ1) is 11.8. The van der Waals surface area contributed by atoms with E-state index in [0.717, 1.165) is 5.69 Å². The molecule has 25 heavy (non-hydrogen) atoms. The number of carbonyl (C=O) groups excluding carboxylic acids is 2. The molecule has 2 aliphatic heterocycles. The first kappa shape index (κ1) is 17.6. The Hall–Kier alpha value is -2.22. The minimum Gasteiger partial charge on any atom is -0.309 e. The van der Waals surface area contributed by atoms with Gasteiger partial charge in [0.15, 0.2) is 0 Å². The molecule has 3 heterocycles. The van der Waals surface area contributed by atoms with E-state index in [4.69, 9.17) is 9.39 Å². The molecule has 138 valence electrons. The Morgan fingerprint density at radius 3 is 2.88 bits per heavy atom. The third-order valence-electron chi connectivity index (χ3n) is 4.12. The first-order valence-corrected chi connectivity index (χ1v) is 8.78. The van der Waals surface area contributed by atoms with Crippen LogP contribution >= 0.6 is 0 Å². The summed E-state index contributed by atoms with van der Waals surface area (Å²) in [6.07, 6.45) is 2.24. The summed E-state index contributed by atoms with van der Waals surface area (Å²) in [4.78, 5) is 30.8. The summed E-state index contributed by atoms with van der Waals surface area (Å²) in [5.74, 6) is -0.525. The molecule has 0 spiro atoms. The monoisotopic (exact) mass is 375 g/mol. The molecule has 2 fully saturated rings. The van der Waals surface area contributed by atoms with Gasteiger partial charge < -0.3 is 4.90 Å². The molecule has 2 aliphatic rings. The maximum Gasteiger partial charge on any atom is 0.418 e. The summed E-state index contributed by atoms with van der Waals surface area (Å²) >= 11 is 0. The summed E-state index contributed by atoms with van der Waals surface area (Å²) in [5.41, 5.74) is 3.03. The lowest BCUT2D eigenvalue weighted by atomic mass is 10.0. The lowest BCUT2D eigenvalue weighted by molar-refractivity contribution is -0.140. The Balaban J connectivity index is 1.58. The summed E-state index contributed by atoms with van der Waals surface area (Å²) < 4.78 is 36.3. The second kappa shape index (κ2) is 6.59. The van der Waals surface area contributed by atoms with Crippen LogP contribution in [-0.4, -0.2) is 63.3 Å². The number of hydroxylamine groups is 3. The van der Waals surface area contributed by atoms with Gasteiger partial charge in [-0.15, -0.1) is 4.28 Å². The molecule has 0 aliphatic carbocycles. The van der Waals surface area contributed by atoms with E-state index in [2.05, 4.69) is 14.9 Å².